The highest BCUT2D eigenvalue weighted by Gasteiger charge is 2.18. The van der Waals surface area contributed by atoms with E-state index < -0.39 is 11.2 Å². The van der Waals surface area contributed by atoms with Gasteiger partial charge in [0.05, 0.1) is 10.9 Å². The Morgan fingerprint density at radius 1 is 0.830 bits per heavy atom. The number of benzene rings is 4. The van der Waals surface area contributed by atoms with Crippen LogP contribution in [-0.2, 0) is 9.59 Å². The molecule has 1 aromatic heterocycles. The summed E-state index contributed by atoms with van der Waals surface area (Å²) in [6.45, 7) is 6.05. The number of hydrogen-bond acceptors (Lipinski definition) is 6. The normalized spacial score (nSPS) is 12.0. The molecule has 0 aliphatic rings. The van der Waals surface area contributed by atoms with E-state index in [2.05, 4.69) is 34.8 Å². The predicted octanol–water partition coefficient (Wildman–Crippen LogP) is 9.12. The van der Waals surface area contributed by atoms with Crippen LogP contribution >= 0.6 is 34.7 Å². The van der Waals surface area contributed by atoms with Gasteiger partial charge in [-0.1, -0.05) is 86.1 Å². The third-order valence-electron chi connectivity index (χ3n) is 7.12. The molecule has 1 atom stereocenters. The number of carbonyl (C=O) groups excluding carboxylic acids is 3. The molecule has 0 aliphatic carbocycles. The van der Waals surface area contributed by atoms with Crippen molar-refractivity contribution in [2.45, 2.75) is 36.8 Å². The van der Waals surface area contributed by atoms with Gasteiger partial charge >= 0.3 is 0 Å². The number of thiazole rings is 1. The SMILES string of the molecule is CC(Sc1ccc(NC(=O)/C(=C/c2ccc(C(C)C)cc2)NC(=O)c2ccccc2)cc1)C(=O)Nc1nc(-c2ccccc2Cl)cs1. The number of carbonyl (C=O) groups is 3. The molecule has 1 unspecified atom stereocenters. The van der Waals surface area contributed by atoms with E-state index >= 15 is 0 Å². The van der Waals surface area contributed by atoms with Crippen LogP contribution in [0.2, 0.25) is 5.02 Å². The van der Waals surface area contributed by atoms with E-state index in [0.29, 0.717) is 33.0 Å². The van der Waals surface area contributed by atoms with Crippen molar-refractivity contribution in [1.29, 1.82) is 0 Å². The zero-order chi connectivity index (χ0) is 33.3. The van der Waals surface area contributed by atoms with Crippen molar-refractivity contribution in [3.05, 3.63) is 136 Å². The summed E-state index contributed by atoms with van der Waals surface area (Å²) in [7, 11) is 0. The van der Waals surface area contributed by atoms with Crippen LogP contribution in [0.25, 0.3) is 17.3 Å². The summed E-state index contributed by atoms with van der Waals surface area (Å²) in [6, 6.07) is 31.2. The van der Waals surface area contributed by atoms with Gasteiger partial charge in [-0.3, -0.25) is 14.4 Å². The third kappa shape index (κ3) is 9.19. The fourth-order valence-corrected chi connectivity index (χ4v) is 6.30. The standard InChI is InChI=1S/C37H33ClN4O3S2/c1-23(2)26-15-13-25(14-16-26)21-32(40-35(44)27-9-5-4-6-10-27)36(45)39-28-17-19-29(20-18-28)47-24(3)34(43)42-37-41-33(22-46-37)30-11-7-8-12-31(30)38/h4-24H,1-3H3,(H,39,45)(H,40,44)(H,41,42,43)/b32-21-. The van der Waals surface area contributed by atoms with Gasteiger partial charge in [0.25, 0.3) is 11.8 Å². The minimum absolute atomic E-state index is 0.111. The van der Waals surface area contributed by atoms with E-state index in [-0.39, 0.29) is 17.5 Å². The minimum atomic E-state index is -0.463. The molecule has 5 rings (SSSR count). The molecule has 7 nitrogen and oxygen atoms in total. The van der Waals surface area contributed by atoms with Crippen molar-refractivity contribution < 1.29 is 14.4 Å². The Hall–Kier alpha value is -4.70. The number of nitrogens with one attached hydrogen (secondary N) is 3. The van der Waals surface area contributed by atoms with Crippen LogP contribution in [0.3, 0.4) is 0 Å². The van der Waals surface area contributed by atoms with Crippen LogP contribution in [-0.4, -0.2) is 28.0 Å². The Morgan fingerprint density at radius 2 is 1.51 bits per heavy atom. The summed E-state index contributed by atoms with van der Waals surface area (Å²) in [4.78, 5) is 44.7. The maximum atomic E-state index is 13.4. The number of halogens is 1. The molecule has 47 heavy (non-hydrogen) atoms. The fraction of sp³-hybridized carbons (Fsp3) is 0.135. The van der Waals surface area contributed by atoms with Crippen LogP contribution in [0, 0.1) is 0 Å². The molecular weight excluding hydrogens is 648 g/mol. The summed E-state index contributed by atoms with van der Waals surface area (Å²) in [5, 5.41) is 11.1. The second kappa shape index (κ2) is 15.7. The van der Waals surface area contributed by atoms with Gasteiger partial charge in [-0.2, -0.15) is 0 Å². The zero-order valence-electron chi connectivity index (χ0n) is 26.0. The molecule has 10 heteroatoms. The van der Waals surface area contributed by atoms with E-state index in [1.165, 1.54) is 28.7 Å². The van der Waals surface area contributed by atoms with Crippen LogP contribution in [0.4, 0.5) is 10.8 Å². The number of aromatic nitrogens is 1. The lowest BCUT2D eigenvalue weighted by atomic mass is 10.0. The lowest BCUT2D eigenvalue weighted by Crippen LogP contribution is -2.30. The summed E-state index contributed by atoms with van der Waals surface area (Å²) in [5.41, 5.74) is 4.57. The third-order valence-corrected chi connectivity index (χ3v) is 9.32. The number of anilines is 2. The summed E-state index contributed by atoms with van der Waals surface area (Å²) in [5.74, 6) is -0.659. The molecule has 0 bridgehead atoms. The highest BCUT2D eigenvalue weighted by Crippen LogP contribution is 2.31. The molecule has 4 aromatic carbocycles. The topological polar surface area (TPSA) is 100 Å². The molecule has 5 aromatic rings. The van der Waals surface area contributed by atoms with Gasteiger partial charge in [-0.25, -0.2) is 4.98 Å². The van der Waals surface area contributed by atoms with Gasteiger partial charge in [0.2, 0.25) is 5.91 Å². The average Bonchev–Trinajstić information content (AvgIpc) is 3.54. The molecular formula is C37H33ClN4O3S2. The quantitative estimate of drug-likeness (QED) is 0.0955. The van der Waals surface area contributed by atoms with Crippen molar-refractivity contribution in [3.8, 4) is 11.3 Å². The molecule has 238 valence electrons. The van der Waals surface area contributed by atoms with Crippen LogP contribution in [0.1, 0.15) is 48.2 Å². The van der Waals surface area contributed by atoms with Gasteiger partial charge in [0, 0.05) is 32.1 Å². The molecule has 1 heterocycles. The summed E-state index contributed by atoms with van der Waals surface area (Å²) < 4.78 is 0. The lowest BCUT2D eigenvalue weighted by molar-refractivity contribution is -0.115. The number of hydrogen-bond donors (Lipinski definition) is 3. The van der Waals surface area contributed by atoms with Crippen LogP contribution in [0.15, 0.2) is 119 Å². The van der Waals surface area contributed by atoms with Crippen molar-refractivity contribution >= 4 is 69.3 Å². The molecule has 0 radical (unpaired) electrons. The van der Waals surface area contributed by atoms with E-state index in [1.54, 1.807) is 48.5 Å². The fourth-order valence-electron chi connectivity index (χ4n) is 4.49. The minimum Gasteiger partial charge on any atom is -0.321 e. The molecule has 0 aliphatic heterocycles. The van der Waals surface area contributed by atoms with E-state index in [0.717, 1.165) is 16.0 Å². The first kappa shape index (κ1) is 33.7. The van der Waals surface area contributed by atoms with Crippen molar-refractivity contribution in [3.63, 3.8) is 0 Å². The van der Waals surface area contributed by atoms with E-state index in [9.17, 15) is 14.4 Å². The van der Waals surface area contributed by atoms with Gasteiger partial charge in [-0.15, -0.1) is 23.1 Å². The smallest absolute Gasteiger partial charge is 0.272 e. The Balaban J connectivity index is 1.22. The van der Waals surface area contributed by atoms with E-state index in [4.69, 9.17) is 11.6 Å². The second-order valence-electron chi connectivity index (χ2n) is 10.9. The first-order chi connectivity index (χ1) is 22.7. The summed E-state index contributed by atoms with van der Waals surface area (Å²) in [6.07, 6.45) is 1.66. The Morgan fingerprint density at radius 3 is 2.19 bits per heavy atom. The molecule has 3 N–H and O–H groups in total. The molecule has 0 fully saturated rings. The summed E-state index contributed by atoms with van der Waals surface area (Å²) >= 11 is 9.01. The highest BCUT2D eigenvalue weighted by molar-refractivity contribution is 8.00. The van der Waals surface area contributed by atoms with Gasteiger partial charge in [0.15, 0.2) is 5.13 Å². The largest absolute Gasteiger partial charge is 0.321 e. The highest BCUT2D eigenvalue weighted by atomic mass is 35.5. The maximum Gasteiger partial charge on any atom is 0.272 e. The molecule has 0 spiro atoms. The maximum absolute atomic E-state index is 13.4. The second-order valence-corrected chi connectivity index (χ2v) is 13.6. The van der Waals surface area contributed by atoms with Crippen molar-refractivity contribution in [1.82, 2.24) is 10.3 Å². The van der Waals surface area contributed by atoms with Crippen LogP contribution in [0.5, 0.6) is 0 Å². The number of nitrogens with zero attached hydrogens (tertiary/aromatic N) is 1. The molecule has 0 saturated heterocycles. The zero-order valence-corrected chi connectivity index (χ0v) is 28.4. The Kier molecular flexibility index (Phi) is 11.3. The van der Waals surface area contributed by atoms with Crippen molar-refractivity contribution in [2.24, 2.45) is 0 Å². The molecule has 0 saturated carbocycles. The lowest BCUT2D eigenvalue weighted by Gasteiger charge is -2.13. The van der Waals surface area contributed by atoms with Gasteiger partial charge in [-0.05, 0) is 72.5 Å². The van der Waals surface area contributed by atoms with E-state index in [1.807, 2.05) is 73.0 Å². The van der Waals surface area contributed by atoms with Gasteiger partial charge < -0.3 is 16.0 Å². The predicted molar refractivity (Wildman–Crippen MR) is 194 cm³/mol. The first-order valence-corrected chi connectivity index (χ1v) is 17.1. The Labute approximate surface area is 287 Å². The molecule has 3 amide bonds. The first-order valence-electron chi connectivity index (χ1n) is 14.9. The monoisotopic (exact) mass is 680 g/mol. The number of rotatable bonds is 11. The van der Waals surface area contributed by atoms with Crippen molar-refractivity contribution in [2.75, 3.05) is 10.6 Å². The van der Waals surface area contributed by atoms with Crippen LogP contribution < -0.4 is 16.0 Å². The average molecular weight is 681 g/mol. The van der Waals surface area contributed by atoms with Gasteiger partial charge in [0.1, 0.15) is 5.70 Å². The number of thioether (sulfide) groups is 1. The Bertz CT molecular complexity index is 1890. The number of amides is 3.